The van der Waals surface area contributed by atoms with Gasteiger partial charge in [0, 0.05) is 19.5 Å². The van der Waals surface area contributed by atoms with E-state index in [1.54, 1.807) is 4.90 Å². The maximum Gasteiger partial charge on any atom is 0.434 e. The summed E-state index contributed by atoms with van der Waals surface area (Å²) in [7, 11) is 0. The molecule has 0 atom stereocenters. The number of aliphatic imine (C=N–C) groups is 2. The van der Waals surface area contributed by atoms with E-state index in [0.29, 0.717) is 12.3 Å². The zero-order valence-electron chi connectivity index (χ0n) is 9.18. The van der Waals surface area contributed by atoms with E-state index in [-0.39, 0.29) is 17.5 Å². The van der Waals surface area contributed by atoms with Crippen LogP contribution in [-0.2, 0) is 4.79 Å². The summed E-state index contributed by atoms with van der Waals surface area (Å²) in [6.45, 7) is 3.39. The minimum absolute atomic E-state index is 0.0359. The normalized spacial score (nSPS) is 19.6. The maximum absolute atomic E-state index is 12.0. The Balaban J connectivity index is 2.21. The molecule has 0 unspecified atom stereocenters. The van der Waals surface area contributed by atoms with Gasteiger partial charge in [0.2, 0.25) is 11.5 Å². The molecule has 1 amide bonds. The first kappa shape index (κ1) is 10.7. The number of hydrogen-bond donors (Lipinski definition) is 0. The van der Waals surface area contributed by atoms with Crippen LogP contribution < -0.4 is 0 Å². The lowest BCUT2D eigenvalue weighted by atomic mass is 10.3. The third kappa shape index (κ3) is 1.79. The van der Waals surface area contributed by atoms with Crippen molar-refractivity contribution >= 4 is 23.3 Å². The lowest BCUT2D eigenvalue weighted by Crippen LogP contribution is -2.37. The van der Waals surface area contributed by atoms with E-state index < -0.39 is 0 Å². The van der Waals surface area contributed by atoms with Crippen LogP contribution in [0.1, 0.15) is 26.2 Å². The quantitative estimate of drug-likeness (QED) is 0.491. The Morgan fingerprint density at radius 1 is 1.44 bits per heavy atom. The lowest BCUT2D eigenvalue weighted by Gasteiger charge is -2.12. The molecule has 0 bridgehead atoms. The third-order valence-corrected chi connectivity index (χ3v) is 2.69. The Bertz CT molecular complexity index is 424. The van der Waals surface area contributed by atoms with Crippen LogP contribution in [0.5, 0.6) is 0 Å². The van der Waals surface area contributed by atoms with Crippen molar-refractivity contribution in [1.29, 1.82) is 0 Å². The molecule has 6 heteroatoms. The van der Waals surface area contributed by atoms with Crippen molar-refractivity contribution in [2.24, 2.45) is 9.98 Å². The fourth-order valence-corrected chi connectivity index (χ4v) is 1.82. The summed E-state index contributed by atoms with van der Waals surface area (Å²) in [5.74, 6) is 0.390. The Hall–Kier alpha value is -1.81. The number of likely N-dealkylation sites (tertiary alicyclic amines) is 1. The van der Waals surface area contributed by atoms with Crippen LogP contribution in [-0.4, -0.2) is 46.1 Å². The molecule has 6 nitrogen and oxygen atoms in total. The molecule has 0 N–H and O–H groups in total. The molecule has 2 heterocycles. The number of amidine groups is 2. The molecule has 16 heavy (non-hydrogen) atoms. The number of nitrogens with zero attached hydrogens (tertiary/aromatic N) is 5. The Labute approximate surface area is 93.3 Å². The second-order valence-corrected chi connectivity index (χ2v) is 3.76. The Kier molecular flexibility index (Phi) is 2.92. The summed E-state index contributed by atoms with van der Waals surface area (Å²) in [5, 5.41) is 0. The number of hydrogen-bond acceptors (Lipinski definition) is 2. The molecule has 2 aliphatic rings. The molecule has 84 valence electrons. The van der Waals surface area contributed by atoms with Crippen LogP contribution in [0.3, 0.4) is 0 Å². The predicted octanol–water partition coefficient (Wildman–Crippen LogP) is 0.500. The molecule has 0 aromatic carbocycles. The van der Waals surface area contributed by atoms with Gasteiger partial charge in [-0.05, 0) is 17.8 Å². The van der Waals surface area contributed by atoms with Gasteiger partial charge in [0.25, 0.3) is 5.91 Å². The summed E-state index contributed by atoms with van der Waals surface area (Å²) in [6, 6.07) is 0. The molecule has 0 aromatic heterocycles. The molecule has 1 saturated heterocycles. The summed E-state index contributed by atoms with van der Waals surface area (Å²) in [5.41, 5.74) is 8.94. The van der Waals surface area contributed by atoms with E-state index in [0.717, 1.165) is 25.9 Å². The minimum Gasteiger partial charge on any atom is -0.497 e. The van der Waals surface area contributed by atoms with Crippen molar-refractivity contribution in [1.82, 2.24) is 4.90 Å². The molecule has 2 aliphatic heterocycles. The third-order valence-electron chi connectivity index (χ3n) is 2.69. The minimum atomic E-state index is -0.183. The van der Waals surface area contributed by atoms with Crippen LogP contribution in [0.4, 0.5) is 0 Å². The topological polar surface area (TPSA) is 81.4 Å². The molecule has 2 rings (SSSR count). The standard InChI is InChI=1S/C10H13N5O/c1-2-7-12-8(9(13-7)14-11)10(16)15-5-3-4-6-15/h2-6H2,1H3. The number of amides is 1. The first-order valence-corrected chi connectivity index (χ1v) is 5.44. The van der Waals surface area contributed by atoms with Gasteiger partial charge in [-0.2, -0.15) is 4.99 Å². The molecular weight excluding hydrogens is 206 g/mol. The molecule has 0 aromatic rings. The van der Waals surface area contributed by atoms with Gasteiger partial charge in [-0.25, -0.2) is 0 Å². The Morgan fingerprint density at radius 3 is 2.69 bits per heavy atom. The van der Waals surface area contributed by atoms with Gasteiger partial charge in [-0.1, -0.05) is 6.92 Å². The van der Waals surface area contributed by atoms with E-state index >= 15 is 0 Å². The highest BCUT2D eigenvalue weighted by atomic mass is 16.2. The van der Waals surface area contributed by atoms with Gasteiger partial charge < -0.3 is 15.2 Å². The smallest absolute Gasteiger partial charge is 0.434 e. The molecular formula is C10H13N5O. The van der Waals surface area contributed by atoms with E-state index in [2.05, 4.69) is 14.8 Å². The highest BCUT2D eigenvalue weighted by molar-refractivity contribution is 6.68. The summed E-state index contributed by atoms with van der Waals surface area (Å²) in [6.07, 6.45) is 2.66. The van der Waals surface area contributed by atoms with Crippen LogP contribution in [0.15, 0.2) is 9.98 Å². The van der Waals surface area contributed by atoms with Crippen LogP contribution in [0, 0.1) is 0 Å². The monoisotopic (exact) mass is 219 g/mol. The van der Waals surface area contributed by atoms with Gasteiger partial charge in [0.15, 0.2) is 0 Å². The summed E-state index contributed by atoms with van der Waals surface area (Å²) < 4.78 is 0. The summed E-state index contributed by atoms with van der Waals surface area (Å²) in [4.78, 5) is 24.8. The summed E-state index contributed by atoms with van der Waals surface area (Å²) >= 11 is 0. The molecule has 0 aliphatic carbocycles. The van der Waals surface area contributed by atoms with Gasteiger partial charge in [-0.3, -0.25) is 4.79 Å². The van der Waals surface area contributed by atoms with Gasteiger partial charge in [0.1, 0.15) is 0 Å². The van der Waals surface area contributed by atoms with Gasteiger partial charge in [0.05, 0.1) is 0 Å². The van der Waals surface area contributed by atoms with Crippen molar-refractivity contribution in [2.45, 2.75) is 26.2 Å². The largest absolute Gasteiger partial charge is 0.497 e. The first-order chi connectivity index (χ1) is 7.76. The lowest BCUT2D eigenvalue weighted by molar-refractivity contribution is -0.123. The zero-order chi connectivity index (χ0) is 11.5. The van der Waals surface area contributed by atoms with E-state index in [4.69, 9.17) is 5.53 Å². The van der Waals surface area contributed by atoms with Gasteiger partial charge >= 0.3 is 5.84 Å². The average Bonchev–Trinajstić information content (AvgIpc) is 2.96. The second kappa shape index (κ2) is 4.37. The van der Waals surface area contributed by atoms with E-state index in [1.165, 1.54) is 0 Å². The molecule has 1 fully saturated rings. The molecule has 0 spiro atoms. The fraction of sp³-hybridized carbons (Fsp3) is 0.600. The van der Waals surface area contributed by atoms with Crippen LogP contribution in [0.25, 0.3) is 5.53 Å². The van der Waals surface area contributed by atoms with E-state index in [9.17, 15) is 4.79 Å². The number of carbonyl (C=O) groups excluding carboxylic acids is 1. The maximum atomic E-state index is 12.0. The van der Waals surface area contributed by atoms with Crippen molar-refractivity contribution < 1.29 is 9.58 Å². The van der Waals surface area contributed by atoms with Crippen LogP contribution >= 0.6 is 0 Å². The average molecular weight is 219 g/mol. The predicted molar refractivity (Wildman–Crippen MR) is 59.6 cm³/mol. The van der Waals surface area contributed by atoms with Crippen LogP contribution in [0.2, 0.25) is 0 Å². The fourth-order valence-electron chi connectivity index (χ4n) is 1.82. The highest BCUT2D eigenvalue weighted by Crippen LogP contribution is 2.11. The molecule has 0 saturated carbocycles. The second-order valence-electron chi connectivity index (χ2n) is 3.76. The zero-order valence-corrected chi connectivity index (χ0v) is 9.18. The molecule has 0 radical (unpaired) electrons. The van der Waals surface area contributed by atoms with E-state index in [1.807, 2.05) is 6.92 Å². The van der Waals surface area contributed by atoms with Crippen molar-refractivity contribution in [3.8, 4) is 0 Å². The van der Waals surface area contributed by atoms with Gasteiger partial charge in [-0.15, -0.1) is 0 Å². The number of carbonyl (C=O) groups is 1. The first-order valence-electron chi connectivity index (χ1n) is 5.44. The number of rotatable bonds is 2. The van der Waals surface area contributed by atoms with Crippen molar-refractivity contribution in [3.05, 3.63) is 5.53 Å². The SMILES string of the molecule is CCC1=NC(=[N+]=[N-])C(C(=O)N2CCCC2)=N1. The van der Waals surface area contributed by atoms with Crippen molar-refractivity contribution in [3.63, 3.8) is 0 Å². The Morgan fingerprint density at radius 2 is 2.12 bits per heavy atom. The highest BCUT2D eigenvalue weighted by Gasteiger charge is 2.36. The van der Waals surface area contributed by atoms with Crippen molar-refractivity contribution in [2.75, 3.05) is 13.1 Å².